The highest BCUT2D eigenvalue weighted by atomic mass is 32.2. The second-order valence-corrected chi connectivity index (χ2v) is 10.1. The van der Waals surface area contributed by atoms with Gasteiger partial charge in [-0.15, -0.1) is 0 Å². The highest BCUT2D eigenvalue weighted by Crippen LogP contribution is 2.24. The van der Waals surface area contributed by atoms with Crippen LogP contribution in [0.2, 0.25) is 0 Å². The van der Waals surface area contributed by atoms with Crippen molar-refractivity contribution in [3.05, 3.63) is 60.0 Å². The third-order valence-corrected chi connectivity index (χ3v) is 7.60. The Balaban J connectivity index is 1.34. The van der Waals surface area contributed by atoms with Crippen molar-refractivity contribution < 1.29 is 22.5 Å². The number of sulfonamides is 1. The molecule has 1 fully saturated rings. The van der Waals surface area contributed by atoms with Crippen LogP contribution in [0.4, 0.5) is 0 Å². The summed E-state index contributed by atoms with van der Waals surface area (Å²) in [4.78, 5) is 17.3. The number of carbonyl (C=O) groups excluding carboxylic acids is 1. The largest absolute Gasteiger partial charge is 0.494 e. The van der Waals surface area contributed by atoms with Crippen molar-refractivity contribution in [2.75, 3.05) is 19.7 Å². The van der Waals surface area contributed by atoms with Crippen molar-refractivity contribution in [1.29, 1.82) is 0 Å². The van der Waals surface area contributed by atoms with Crippen LogP contribution in [0.15, 0.2) is 57.9 Å². The van der Waals surface area contributed by atoms with Gasteiger partial charge in [-0.1, -0.05) is 22.9 Å². The number of hydrogen-bond acceptors (Lipinski definition) is 7. The minimum absolute atomic E-state index is 0.0735. The number of aryl methyl sites for hydroxylation is 1. The summed E-state index contributed by atoms with van der Waals surface area (Å²) in [5, 5.41) is 6.77. The van der Waals surface area contributed by atoms with E-state index in [1.165, 1.54) is 4.31 Å². The first-order valence-electron chi connectivity index (χ1n) is 11.3. The van der Waals surface area contributed by atoms with Crippen molar-refractivity contribution in [2.24, 2.45) is 5.92 Å². The van der Waals surface area contributed by atoms with Gasteiger partial charge in [-0.3, -0.25) is 4.79 Å². The number of benzene rings is 2. The average Bonchev–Trinajstić information content (AvgIpc) is 3.33. The lowest BCUT2D eigenvalue weighted by Crippen LogP contribution is -2.45. The minimum atomic E-state index is -3.64. The fraction of sp³-hybridized carbons (Fsp3) is 0.375. The number of amides is 1. The molecule has 3 aromatic rings. The first kappa shape index (κ1) is 23.9. The van der Waals surface area contributed by atoms with Crippen molar-refractivity contribution in [1.82, 2.24) is 19.8 Å². The molecule has 1 aliphatic rings. The molecule has 0 saturated carbocycles. The third-order valence-electron chi connectivity index (χ3n) is 5.72. The van der Waals surface area contributed by atoms with Gasteiger partial charge in [0, 0.05) is 18.7 Å². The lowest BCUT2D eigenvalue weighted by molar-refractivity contribution is -0.126. The number of hydrogen-bond donors (Lipinski definition) is 1. The van der Waals surface area contributed by atoms with Crippen LogP contribution < -0.4 is 10.1 Å². The SMILES string of the molecule is CCOc1ccc(-c2noc(CNC(=O)[C@@H]3CCCN(S(=O)(=O)c4ccc(C)cc4)C3)n2)cc1. The van der Waals surface area contributed by atoms with Gasteiger partial charge >= 0.3 is 0 Å². The summed E-state index contributed by atoms with van der Waals surface area (Å²) >= 11 is 0. The van der Waals surface area contributed by atoms with Crippen LogP contribution in [0.5, 0.6) is 5.75 Å². The second-order valence-electron chi connectivity index (χ2n) is 8.20. The number of nitrogens with zero attached hydrogens (tertiary/aromatic N) is 3. The van der Waals surface area contributed by atoms with Crippen molar-refractivity contribution in [3.63, 3.8) is 0 Å². The quantitative estimate of drug-likeness (QED) is 0.522. The predicted octanol–water partition coefficient (Wildman–Crippen LogP) is 3.16. The summed E-state index contributed by atoms with van der Waals surface area (Å²) in [5.74, 6) is 0.776. The van der Waals surface area contributed by atoms with Gasteiger partial charge in [0.15, 0.2) is 0 Å². The molecule has 4 rings (SSSR count). The Morgan fingerprint density at radius 3 is 2.62 bits per heavy atom. The van der Waals surface area contributed by atoms with E-state index in [1.807, 2.05) is 38.1 Å². The molecule has 0 spiro atoms. The van der Waals surface area contributed by atoms with Gasteiger partial charge in [0.05, 0.1) is 24.0 Å². The Morgan fingerprint density at radius 2 is 1.91 bits per heavy atom. The summed E-state index contributed by atoms with van der Waals surface area (Å²) in [6.45, 7) is 5.02. The monoisotopic (exact) mass is 484 g/mol. The van der Waals surface area contributed by atoms with E-state index in [0.717, 1.165) is 16.9 Å². The number of carbonyl (C=O) groups is 1. The van der Waals surface area contributed by atoms with Gasteiger partial charge in [0.2, 0.25) is 27.6 Å². The van der Waals surface area contributed by atoms with Gasteiger partial charge in [0.25, 0.3) is 0 Å². The van der Waals surface area contributed by atoms with Crippen LogP contribution >= 0.6 is 0 Å². The predicted molar refractivity (Wildman–Crippen MR) is 125 cm³/mol. The molecule has 10 heteroatoms. The number of aromatic nitrogens is 2. The summed E-state index contributed by atoms with van der Waals surface area (Å²) in [7, 11) is -3.64. The molecule has 0 unspecified atom stereocenters. The molecule has 9 nitrogen and oxygen atoms in total. The molecule has 34 heavy (non-hydrogen) atoms. The molecule has 0 radical (unpaired) electrons. The maximum absolute atomic E-state index is 13.0. The number of ether oxygens (including phenoxy) is 1. The lowest BCUT2D eigenvalue weighted by atomic mass is 9.99. The molecule has 0 bridgehead atoms. The molecule has 1 aliphatic heterocycles. The first-order chi connectivity index (χ1) is 16.4. The Kier molecular flexibility index (Phi) is 7.28. The first-order valence-corrected chi connectivity index (χ1v) is 12.7. The van der Waals surface area contributed by atoms with Gasteiger partial charge in [-0.05, 0) is 63.1 Å². The van der Waals surface area contributed by atoms with Crippen LogP contribution in [0.1, 0.15) is 31.2 Å². The Hall–Kier alpha value is -3.24. The maximum atomic E-state index is 13.0. The number of nitrogens with one attached hydrogen (secondary N) is 1. The summed E-state index contributed by atoms with van der Waals surface area (Å²) < 4.78 is 38.1. The standard InChI is InChI=1S/C24H28N4O5S/c1-3-32-20-10-8-18(9-11-20)23-26-22(33-27-23)15-25-24(29)19-5-4-14-28(16-19)34(30,31)21-12-6-17(2)7-13-21/h6-13,19H,3-5,14-16H2,1-2H3,(H,25,29)/t19-/m1/s1. The molecular formula is C24H28N4O5S. The van der Waals surface area contributed by atoms with Crippen LogP contribution in [0.25, 0.3) is 11.4 Å². The molecule has 1 amide bonds. The fourth-order valence-electron chi connectivity index (χ4n) is 3.85. The zero-order valence-electron chi connectivity index (χ0n) is 19.2. The zero-order valence-corrected chi connectivity index (χ0v) is 20.0. The summed E-state index contributed by atoms with van der Waals surface area (Å²) in [6.07, 6.45) is 1.23. The topological polar surface area (TPSA) is 115 Å². The van der Waals surface area contributed by atoms with Gasteiger partial charge < -0.3 is 14.6 Å². The summed E-state index contributed by atoms with van der Waals surface area (Å²) in [5.41, 5.74) is 1.76. The van der Waals surface area contributed by atoms with E-state index in [-0.39, 0.29) is 29.8 Å². The highest BCUT2D eigenvalue weighted by Gasteiger charge is 2.33. The van der Waals surface area contributed by atoms with Gasteiger partial charge in [0.1, 0.15) is 5.75 Å². The Bertz CT molecular complexity index is 1220. The summed E-state index contributed by atoms with van der Waals surface area (Å²) in [6, 6.07) is 14.1. The van der Waals surface area contributed by atoms with E-state index in [4.69, 9.17) is 9.26 Å². The minimum Gasteiger partial charge on any atom is -0.494 e. The van der Waals surface area contributed by atoms with E-state index in [1.54, 1.807) is 24.3 Å². The molecular weight excluding hydrogens is 456 g/mol. The van der Waals surface area contributed by atoms with Crippen LogP contribution in [-0.4, -0.2) is 48.5 Å². The fourth-order valence-corrected chi connectivity index (χ4v) is 5.38. The Morgan fingerprint density at radius 1 is 1.18 bits per heavy atom. The van der Waals surface area contributed by atoms with E-state index in [2.05, 4.69) is 15.5 Å². The van der Waals surface area contributed by atoms with E-state index >= 15 is 0 Å². The molecule has 180 valence electrons. The van der Waals surface area contributed by atoms with Crippen molar-refractivity contribution in [2.45, 2.75) is 38.1 Å². The third kappa shape index (κ3) is 5.45. The van der Waals surface area contributed by atoms with Crippen molar-refractivity contribution in [3.8, 4) is 17.1 Å². The van der Waals surface area contributed by atoms with Gasteiger partial charge in [-0.2, -0.15) is 9.29 Å². The normalized spacial score (nSPS) is 16.8. The maximum Gasteiger partial charge on any atom is 0.246 e. The molecule has 1 atom stereocenters. The smallest absolute Gasteiger partial charge is 0.246 e. The van der Waals surface area contributed by atoms with Crippen LogP contribution in [0, 0.1) is 12.8 Å². The van der Waals surface area contributed by atoms with E-state index < -0.39 is 15.9 Å². The van der Waals surface area contributed by atoms with Crippen molar-refractivity contribution >= 4 is 15.9 Å². The number of piperidine rings is 1. The van der Waals surface area contributed by atoms with Crippen LogP contribution in [0.3, 0.4) is 0 Å². The van der Waals surface area contributed by atoms with E-state index in [0.29, 0.717) is 31.8 Å². The molecule has 0 aliphatic carbocycles. The van der Waals surface area contributed by atoms with E-state index in [9.17, 15) is 13.2 Å². The number of rotatable bonds is 8. The second kappa shape index (κ2) is 10.4. The highest BCUT2D eigenvalue weighted by molar-refractivity contribution is 7.89. The molecule has 2 heterocycles. The average molecular weight is 485 g/mol. The molecule has 2 aromatic carbocycles. The molecule has 1 N–H and O–H groups in total. The van der Waals surface area contributed by atoms with Gasteiger partial charge in [-0.25, -0.2) is 8.42 Å². The lowest BCUT2D eigenvalue weighted by Gasteiger charge is -2.31. The molecule has 1 saturated heterocycles. The molecule has 1 aromatic heterocycles. The van der Waals surface area contributed by atoms with Crippen LogP contribution in [-0.2, 0) is 21.4 Å². The zero-order chi connectivity index (χ0) is 24.1. The Labute approximate surface area is 199 Å².